The van der Waals surface area contributed by atoms with Crippen LogP contribution in [0.1, 0.15) is 24.2 Å². The first-order valence-corrected chi connectivity index (χ1v) is 11.8. The van der Waals surface area contributed by atoms with Crippen molar-refractivity contribution in [1.29, 1.82) is 0 Å². The molecule has 2 atom stereocenters. The van der Waals surface area contributed by atoms with Crippen LogP contribution in [0.25, 0.3) is 22.2 Å². The number of nitrogens with zero attached hydrogens (tertiary/aromatic N) is 1. The minimum absolute atomic E-state index is 0.0323. The highest BCUT2D eigenvalue weighted by Gasteiger charge is 2.33. The fourth-order valence-corrected chi connectivity index (χ4v) is 4.54. The molecular formula is C24H19F5N2O3S. The molecule has 11 heteroatoms. The van der Waals surface area contributed by atoms with E-state index in [4.69, 9.17) is 0 Å². The maximum atomic E-state index is 15.4. The highest BCUT2D eigenvalue weighted by atomic mass is 32.2. The van der Waals surface area contributed by atoms with E-state index in [-0.39, 0.29) is 16.9 Å². The summed E-state index contributed by atoms with van der Waals surface area (Å²) in [6.07, 6.45) is -5.06. The van der Waals surface area contributed by atoms with Gasteiger partial charge >= 0.3 is 6.36 Å². The summed E-state index contributed by atoms with van der Waals surface area (Å²) in [6, 6.07) is 12.2. The topological polar surface area (TPSA) is 75.2 Å². The number of H-pyrrole nitrogens is 1. The third-order valence-electron chi connectivity index (χ3n) is 5.39. The maximum absolute atomic E-state index is 15.4. The zero-order valence-corrected chi connectivity index (χ0v) is 19.0. The number of hydrogen-bond acceptors (Lipinski definition) is 4. The molecule has 0 radical (unpaired) electrons. The van der Waals surface area contributed by atoms with Crippen molar-refractivity contribution < 1.29 is 36.0 Å². The molecule has 2 N–H and O–H groups in total. The Morgan fingerprint density at radius 1 is 1.11 bits per heavy atom. The van der Waals surface area contributed by atoms with Gasteiger partial charge in [0.25, 0.3) is 0 Å². The van der Waals surface area contributed by atoms with Gasteiger partial charge in [-0.15, -0.1) is 13.2 Å². The standard InChI is InChI=1S/C24H19F5N2O3S/c1-2-35(33)14-9-7-13(8-10-14)16(12-32)23-30-18-11-17(25)20(21(26)22(18)31-23)15-5-3-4-6-19(15)34-24(27,28)29/h3-11,16,32H,2,12H2,1H3,(H,30,31). The number of hydrogen-bond donors (Lipinski definition) is 2. The number of rotatable bonds is 7. The molecule has 1 heterocycles. The highest BCUT2D eigenvalue weighted by Crippen LogP contribution is 2.39. The molecule has 0 saturated carbocycles. The number of para-hydroxylation sites is 1. The molecule has 3 aromatic carbocycles. The van der Waals surface area contributed by atoms with Gasteiger partial charge in [0.05, 0.1) is 34.4 Å². The molecule has 4 rings (SSSR count). The Balaban J connectivity index is 1.78. The monoisotopic (exact) mass is 510 g/mol. The zero-order chi connectivity index (χ0) is 25.3. The number of aromatic amines is 1. The molecule has 2 unspecified atom stereocenters. The van der Waals surface area contributed by atoms with Crippen molar-refractivity contribution in [2.24, 2.45) is 0 Å². The first-order valence-electron chi connectivity index (χ1n) is 10.4. The number of nitrogens with one attached hydrogen (secondary N) is 1. The second-order valence-electron chi connectivity index (χ2n) is 7.55. The van der Waals surface area contributed by atoms with E-state index in [0.29, 0.717) is 16.2 Å². The summed E-state index contributed by atoms with van der Waals surface area (Å²) in [5.74, 6) is -3.22. The van der Waals surface area contributed by atoms with Crippen LogP contribution in [0.2, 0.25) is 0 Å². The number of halogens is 5. The predicted octanol–water partition coefficient (Wildman–Crippen LogP) is 5.66. The zero-order valence-electron chi connectivity index (χ0n) is 18.2. The molecule has 1 aromatic heterocycles. The lowest BCUT2D eigenvalue weighted by Gasteiger charge is -2.14. The van der Waals surface area contributed by atoms with Gasteiger partial charge in [-0.3, -0.25) is 4.21 Å². The number of alkyl halides is 3. The molecule has 4 aromatic rings. The smallest absolute Gasteiger partial charge is 0.405 e. The molecule has 0 amide bonds. The van der Waals surface area contributed by atoms with Crippen LogP contribution in [-0.2, 0) is 10.8 Å². The third-order valence-corrected chi connectivity index (χ3v) is 6.71. The quantitative estimate of drug-likeness (QED) is 0.315. The minimum atomic E-state index is -5.06. The van der Waals surface area contributed by atoms with E-state index in [2.05, 4.69) is 14.7 Å². The summed E-state index contributed by atoms with van der Waals surface area (Å²) in [4.78, 5) is 7.58. The summed E-state index contributed by atoms with van der Waals surface area (Å²) in [5, 5.41) is 9.97. The fourth-order valence-electron chi connectivity index (χ4n) is 3.77. The van der Waals surface area contributed by atoms with Crippen molar-refractivity contribution in [1.82, 2.24) is 9.97 Å². The average Bonchev–Trinajstić information content (AvgIpc) is 3.23. The number of aromatic nitrogens is 2. The number of aliphatic hydroxyl groups is 1. The highest BCUT2D eigenvalue weighted by molar-refractivity contribution is 7.85. The summed E-state index contributed by atoms with van der Waals surface area (Å²) in [5.41, 5.74) is -0.893. The van der Waals surface area contributed by atoms with Crippen molar-refractivity contribution in [3.63, 3.8) is 0 Å². The second kappa shape index (κ2) is 9.74. The van der Waals surface area contributed by atoms with Crippen LogP contribution in [0.5, 0.6) is 5.75 Å². The van der Waals surface area contributed by atoms with Crippen LogP contribution in [-0.4, -0.2) is 38.0 Å². The maximum Gasteiger partial charge on any atom is 0.573 e. The lowest BCUT2D eigenvalue weighted by atomic mass is 9.99. The molecule has 0 bridgehead atoms. The van der Waals surface area contributed by atoms with Crippen molar-refractivity contribution >= 4 is 21.8 Å². The van der Waals surface area contributed by atoms with Crippen molar-refractivity contribution in [2.45, 2.75) is 24.1 Å². The van der Waals surface area contributed by atoms with E-state index in [1.807, 2.05) is 0 Å². The van der Waals surface area contributed by atoms with Gasteiger partial charge < -0.3 is 14.8 Å². The Kier molecular flexibility index (Phi) is 6.91. The van der Waals surface area contributed by atoms with Crippen LogP contribution in [0.4, 0.5) is 22.0 Å². The molecule has 35 heavy (non-hydrogen) atoms. The average molecular weight is 510 g/mol. The van der Waals surface area contributed by atoms with Gasteiger partial charge in [0.2, 0.25) is 0 Å². The number of imidazole rings is 1. The predicted molar refractivity (Wildman–Crippen MR) is 120 cm³/mol. The van der Waals surface area contributed by atoms with Gasteiger partial charge in [-0.2, -0.15) is 0 Å². The largest absolute Gasteiger partial charge is 0.573 e. The van der Waals surface area contributed by atoms with Crippen LogP contribution in [0, 0.1) is 11.6 Å². The van der Waals surface area contributed by atoms with E-state index >= 15 is 4.39 Å². The molecule has 0 spiro atoms. The van der Waals surface area contributed by atoms with Gasteiger partial charge in [0.15, 0.2) is 5.82 Å². The van der Waals surface area contributed by atoms with E-state index in [9.17, 15) is 26.9 Å². The second-order valence-corrected chi connectivity index (χ2v) is 9.29. The van der Waals surface area contributed by atoms with Crippen LogP contribution >= 0.6 is 0 Å². The van der Waals surface area contributed by atoms with E-state index in [1.54, 1.807) is 31.2 Å². The first kappa shape index (κ1) is 24.8. The van der Waals surface area contributed by atoms with Crippen LogP contribution in [0.15, 0.2) is 59.5 Å². The van der Waals surface area contributed by atoms with E-state index in [1.165, 1.54) is 12.1 Å². The third kappa shape index (κ3) is 5.06. The number of benzene rings is 3. The van der Waals surface area contributed by atoms with Gasteiger partial charge in [-0.25, -0.2) is 13.8 Å². The van der Waals surface area contributed by atoms with E-state index < -0.39 is 58.2 Å². The molecule has 0 aliphatic heterocycles. The first-order chi connectivity index (χ1) is 16.6. The van der Waals surface area contributed by atoms with Crippen LogP contribution in [0.3, 0.4) is 0 Å². The molecule has 184 valence electrons. The normalized spacial score (nSPS) is 13.7. The molecule has 0 aliphatic carbocycles. The molecule has 5 nitrogen and oxygen atoms in total. The Bertz CT molecular complexity index is 1390. The Morgan fingerprint density at radius 3 is 2.43 bits per heavy atom. The van der Waals surface area contributed by atoms with Gasteiger partial charge in [0, 0.05) is 22.3 Å². The minimum Gasteiger partial charge on any atom is -0.405 e. The number of fused-ring (bicyclic) bond motifs is 1. The van der Waals surface area contributed by atoms with Crippen molar-refractivity contribution in [3.05, 3.63) is 77.6 Å². The lowest BCUT2D eigenvalue weighted by molar-refractivity contribution is -0.274. The van der Waals surface area contributed by atoms with E-state index in [0.717, 1.165) is 18.2 Å². The molecular weight excluding hydrogens is 491 g/mol. The lowest BCUT2D eigenvalue weighted by Crippen LogP contribution is -2.17. The van der Waals surface area contributed by atoms with Crippen molar-refractivity contribution in [2.75, 3.05) is 12.4 Å². The van der Waals surface area contributed by atoms with Gasteiger partial charge in [-0.1, -0.05) is 37.3 Å². The van der Waals surface area contributed by atoms with Crippen molar-refractivity contribution in [3.8, 4) is 16.9 Å². The SMILES string of the molecule is CCS(=O)c1ccc(C(CO)c2nc3c(F)c(-c4ccccc4OC(F)(F)F)c(F)cc3[nH]2)cc1. The van der Waals surface area contributed by atoms with Crippen LogP contribution < -0.4 is 4.74 Å². The summed E-state index contributed by atoms with van der Waals surface area (Å²) in [7, 11) is -1.16. The Hall–Kier alpha value is -3.31. The number of aliphatic hydroxyl groups excluding tert-OH is 1. The molecule has 0 saturated heterocycles. The number of ether oxygens (including phenoxy) is 1. The molecule has 0 aliphatic rings. The summed E-state index contributed by atoms with van der Waals surface area (Å²) in [6.45, 7) is 1.36. The Labute approximate surface area is 199 Å². The fraction of sp³-hybridized carbons (Fsp3) is 0.208. The Morgan fingerprint density at radius 2 is 1.80 bits per heavy atom. The van der Waals surface area contributed by atoms with Gasteiger partial charge in [-0.05, 0) is 23.8 Å². The summed E-state index contributed by atoms with van der Waals surface area (Å²) >= 11 is 0. The summed E-state index contributed by atoms with van der Waals surface area (Å²) < 4.78 is 84.7. The van der Waals surface area contributed by atoms with Gasteiger partial charge in [0.1, 0.15) is 22.9 Å². The molecule has 0 fully saturated rings.